The maximum Gasteiger partial charge on any atom is 0.0674 e. The zero-order valence-electron chi connectivity index (χ0n) is 12.4. The molecule has 0 amide bonds. The van der Waals surface area contributed by atoms with Gasteiger partial charge in [0, 0.05) is 36.8 Å². The van der Waals surface area contributed by atoms with Gasteiger partial charge in [-0.1, -0.05) is 23.7 Å². The molecule has 2 atom stereocenters. The lowest BCUT2D eigenvalue weighted by atomic mass is 9.90. The molecule has 2 unspecified atom stereocenters. The predicted molar refractivity (Wildman–Crippen MR) is 84.2 cm³/mol. The van der Waals surface area contributed by atoms with Gasteiger partial charge in [0.05, 0.1) is 6.10 Å². The van der Waals surface area contributed by atoms with Gasteiger partial charge < -0.3 is 10.5 Å². The highest BCUT2D eigenvalue weighted by Crippen LogP contribution is 2.23. The van der Waals surface area contributed by atoms with E-state index in [2.05, 4.69) is 30.9 Å². The zero-order chi connectivity index (χ0) is 14.6. The Kier molecular flexibility index (Phi) is 5.44. The van der Waals surface area contributed by atoms with E-state index in [0.29, 0.717) is 6.54 Å². The van der Waals surface area contributed by atoms with Gasteiger partial charge >= 0.3 is 0 Å². The summed E-state index contributed by atoms with van der Waals surface area (Å²) in [5.41, 5.74) is 7.35. The summed E-state index contributed by atoms with van der Waals surface area (Å²) in [5, 5.41) is 0.778. The number of benzene rings is 1. The molecular formula is C16H25ClN2O. The summed E-state index contributed by atoms with van der Waals surface area (Å²) in [6, 6.07) is 8.08. The molecule has 1 aliphatic rings. The molecule has 3 nitrogen and oxygen atoms in total. The van der Waals surface area contributed by atoms with Crippen molar-refractivity contribution in [3.05, 3.63) is 34.9 Å². The van der Waals surface area contributed by atoms with Gasteiger partial charge in [0.2, 0.25) is 0 Å². The van der Waals surface area contributed by atoms with E-state index in [1.807, 2.05) is 12.1 Å². The van der Waals surface area contributed by atoms with E-state index in [9.17, 15) is 0 Å². The summed E-state index contributed by atoms with van der Waals surface area (Å²) in [4.78, 5) is 2.49. The van der Waals surface area contributed by atoms with Crippen molar-refractivity contribution in [1.29, 1.82) is 0 Å². The fraction of sp³-hybridized carbons (Fsp3) is 0.625. The molecule has 2 rings (SSSR count). The third kappa shape index (κ3) is 3.95. The molecule has 1 saturated heterocycles. The van der Waals surface area contributed by atoms with Crippen molar-refractivity contribution in [3.63, 3.8) is 0 Å². The lowest BCUT2D eigenvalue weighted by Gasteiger charge is -2.41. The Morgan fingerprint density at radius 1 is 1.40 bits per heavy atom. The molecule has 0 spiro atoms. The topological polar surface area (TPSA) is 38.5 Å². The predicted octanol–water partition coefficient (Wildman–Crippen LogP) is 2.71. The number of hydrogen-bond acceptors (Lipinski definition) is 3. The van der Waals surface area contributed by atoms with Crippen LogP contribution in [0.1, 0.15) is 25.8 Å². The van der Waals surface area contributed by atoms with Crippen LogP contribution < -0.4 is 5.73 Å². The highest BCUT2D eigenvalue weighted by Gasteiger charge is 2.32. The Morgan fingerprint density at radius 3 is 2.75 bits per heavy atom. The molecule has 0 aromatic heterocycles. The van der Waals surface area contributed by atoms with E-state index < -0.39 is 0 Å². The molecule has 0 aliphatic carbocycles. The van der Waals surface area contributed by atoms with Crippen LogP contribution >= 0.6 is 11.6 Å². The average Bonchev–Trinajstić information content (AvgIpc) is 2.66. The van der Waals surface area contributed by atoms with Crippen molar-refractivity contribution in [2.75, 3.05) is 26.2 Å². The summed E-state index contributed by atoms with van der Waals surface area (Å²) < 4.78 is 5.74. The van der Waals surface area contributed by atoms with E-state index in [1.165, 1.54) is 5.56 Å². The summed E-state index contributed by atoms with van der Waals surface area (Å²) >= 11 is 5.95. The number of ether oxygens (including phenoxy) is 1. The first-order chi connectivity index (χ1) is 9.53. The van der Waals surface area contributed by atoms with E-state index in [4.69, 9.17) is 22.1 Å². The first kappa shape index (κ1) is 15.8. The maximum atomic E-state index is 6.10. The minimum atomic E-state index is -0.0320. The SMILES string of the molecule is CC1CN(C(C)(CN)Cc2ccc(Cl)cc2)CCCO1. The number of nitrogens with two attached hydrogens (primary N) is 1. The van der Waals surface area contributed by atoms with E-state index in [-0.39, 0.29) is 11.6 Å². The monoisotopic (exact) mass is 296 g/mol. The maximum absolute atomic E-state index is 6.10. The van der Waals surface area contributed by atoms with Crippen LogP contribution in [-0.2, 0) is 11.2 Å². The van der Waals surface area contributed by atoms with Gasteiger partial charge in [-0.15, -0.1) is 0 Å². The normalized spacial score (nSPS) is 24.1. The van der Waals surface area contributed by atoms with Crippen LogP contribution in [0.3, 0.4) is 0 Å². The highest BCUT2D eigenvalue weighted by molar-refractivity contribution is 6.30. The van der Waals surface area contributed by atoms with Crippen LogP contribution in [0.2, 0.25) is 5.02 Å². The molecular weight excluding hydrogens is 272 g/mol. The highest BCUT2D eigenvalue weighted by atomic mass is 35.5. The van der Waals surface area contributed by atoms with Crippen molar-refractivity contribution >= 4 is 11.6 Å². The van der Waals surface area contributed by atoms with Gasteiger partial charge in [-0.2, -0.15) is 0 Å². The summed E-state index contributed by atoms with van der Waals surface area (Å²) in [6.07, 6.45) is 2.28. The Labute approximate surface area is 127 Å². The first-order valence-corrected chi connectivity index (χ1v) is 7.72. The lowest BCUT2D eigenvalue weighted by Crippen LogP contribution is -2.54. The molecule has 0 saturated carbocycles. The van der Waals surface area contributed by atoms with Crippen molar-refractivity contribution in [3.8, 4) is 0 Å². The second-order valence-corrected chi connectivity index (χ2v) is 6.42. The number of nitrogens with zero attached hydrogens (tertiary/aromatic N) is 1. The third-order valence-electron chi connectivity index (χ3n) is 4.15. The Morgan fingerprint density at radius 2 is 2.10 bits per heavy atom. The van der Waals surface area contributed by atoms with Gasteiger partial charge in [0.1, 0.15) is 0 Å². The van der Waals surface area contributed by atoms with Crippen LogP contribution in [0.15, 0.2) is 24.3 Å². The van der Waals surface area contributed by atoms with Crippen LogP contribution in [0.25, 0.3) is 0 Å². The smallest absolute Gasteiger partial charge is 0.0674 e. The van der Waals surface area contributed by atoms with Gasteiger partial charge in [0.15, 0.2) is 0 Å². The van der Waals surface area contributed by atoms with E-state index in [0.717, 1.165) is 37.6 Å². The molecule has 1 aliphatic heterocycles. The molecule has 20 heavy (non-hydrogen) atoms. The minimum absolute atomic E-state index is 0.0320. The Bertz CT molecular complexity index is 423. The first-order valence-electron chi connectivity index (χ1n) is 7.35. The quantitative estimate of drug-likeness (QED) is 0.928. The minimum Gasteiger partial charge on any atom is -0.377 e. The van der Waals surface area contributed by atoms with Crippen molar-refractivity contribution in [2.24, 2.45) is 5.73 Å². The molecule has 0 bridgehead atoms. The van der Waals surface area contributed by atoms with Gasteiger partial charge in [-0.3, -0.25) is 4.90 Å². The lowest BCUT2D eigenvalue weighted by molar-refractivity contribution is 0.0430. The molecule has 112 valence electrons. The van der Waals surface area contributed by atoms with E-state index in [1.54, 1.807) is 0 Å². The fourth-order valence-electron chi connectivity index (χ4n) is 2.84. The van der Waals surface area contributed by atoms with Gasteiger partial charge in [-0.05, 0) is 44.4 Å². The molecule has 1 aromatic rings. The zero-order valence-corrected chi connectivity index (χ0v) is 13.2. The van der Waals surface area contributed by atoms with Crippen molar-refractivity contribution < 1.29 is 4.74 Å². The van der Waals surface area contributed by atoms with Crippen LogP contribution in [0, 0.1) is 0 Å². The molecule has 0 radical (unpaired) electrons. The Hall–Kier alpha value is -0.610. The third-order valence-corrected chi connectivity index (χ3v) is 4.41. The number of rotatable bonds is 4. The standard InChI is InChI=1S/C16H25ClN2O/c1-13-11-19(8-3-9-20-13)16(2,12-18)10-14-4-6-15(17)7-5-14/h4-7,13H,3,8-12,18H2,1-2H3. The van der Waals surface area contributed by atoms with Crippen LogP contribution in [0.4, 0.5) is 0 Å². The summed E-state index contributed by atoms with van der Waals surface area (Å²) in [7, 11) is 0. The molecule has 1 heterocycles. The number of halogens is 1. The molecule has 4 heteroatoms. The average molecular weight is 297 g/mol. The Balaban J connectivity index is 2.12. The van der Waals surface area contributed by atoms with Crippen LogP contribution in [-0.4, -0.2) is 42.8 Å². The second-order valence-electron chi connectivity index (χ2n) is 5.99. The van der Waals surface area contributed by atoms with Crippen molar-refractivity contribution in [1.82, 2.24) is 4.90 Å². The molecule has 1 aromatic carbocycles. The van der Waals surface area contributed by atoms with Gasteiger partial charge in [-0.25, -0.2) is 0 Å². The molecule has 1 fully saturated rings. The fourth-order valence-corrected chi connectivity index (χ4v) is 2.97. The number of hydrogen-bond donors (Lipinski definition) is 1. The van der Waals surface area contributed by atoms with Crippen molar-refractivity contribution in [2.45, 2.75) is 38.3 Å². The summed E-state index contributed by atoms with van der Waals surface area (Å²) in [6.45, 7) is 7.87. The molecule has 2 N–H and O–H groups in total. The second kappa shape index (κ2) is 6.90. The van der Waals surface area contributed by atoms with Gasteiger partial charge in [0.25, 0.3) is 0 Å². The van der Waals surface area contributed by atoms with E-state index >= 15 is 0 Å². The summed E-state index contributed by atoms with van der Waals surface area (Å²) in [5.74, 6) is 0. The largest absolute Gasteiger partial charge is 0.377 e. The van der Waals surface area contributed by atoms with Crippen LogP contribution in [0.5, 0.6) is 0 Å².